The summed E-state index contributed by atoms with van der Waals surface area (Å²) < 4.78 is 5.15. The molecule has 86 valence electrons. The van der Waals surface area contributed by atoms with E-state index < -0.39 is 5.54 Å². The number of halogens is 1. The monoisotopic (exact) mass is 231 g/mol. The highest BCUT2D eigenvalue weighted by molar-refractivity contribution is 6.17. The summed E-state index contributed by atoms with van der Waals surface area (Å²) in [5.41, 5.74) is -0.418. The number of esters is 1. The fourth-order valence-corrected chi connectivity index (χ4v) is 2.70. The third kappa shape index (κ3) is 2.13. The molecule has 0 aromatic rings. The van der Waals surface area contributed by atoms with Crippen molar-refractivity contribution >= 4 is 17.6 Å². The van der Waals surface area contributed by atoms with Gasteiger partial charge < -0.3 is 4.74 Å². The van der Waals surface area contributed by atoms with Crippen LogP contribution in [0, 0.1) is 5.92 Å². The zero-order valence-corrected chi connectivity index (χ0v) is 9.85. The maximum Gasteiger partial charge on any atom is 0.326 e. The molecule has 3 atom stereocenters. The van der Waals surface area contributed by atoms with Gasteiger partial charge in [0.05, 0.1) is 6.61 Å². The summed E-state index contributed by atoms with van der Waals surface area (Å²) in [5, 5.41) is 3.43. The second-order valence-corrected chi connectivity index (χ2v) is 4.92. The van der Waals surface area contributed by atoms with E-state index in [2.05, 4.69) is 5.32 Å². The lowest BCUT2D eigenvalue weighted by atomic mass is 9.90. The lowest BCUT2D eigenvalue weighted by molar-refractivity contribution is -0.151. The number of hydrogen-bond donors (Lipinski definition) is 1. The highest BCUT2D eigenvalue weighted by Gasteiger charge is 2.57. The van der Waals surface area contributed by atoms with Crippen molar-refractivity contribution in [1.29, 1.82) is 0 Å². The molecule has 1 N–H and O–H groups in total. The number of carbonyl (C=O) groups is 1. The van der Waals surface area contributed by atoms with E-state index >= 15 is 0 Å². The Kier molecular flexibility index (Phi) is 3.21. The predicted octanol–water partition coefficient (Wildman–Crippen LogP) is 1.69. The van der Waals surface area contributed by atoms with Crippen molar-refractivity contribution in [3.63, 3.8) is 0 Å². The summed E-state index contributed by atoms with van der Waals surface area (Å²) in [6, 6.07) is 0.560. The van der Waals surface area contributed by atoms with Gasteiger partial charge in [-0.2, -0.15) is 0 Å². The SMILES string of the molecule is CCOC(=O)C1(CCCCl)CC2CC2N1. The van der Waals surface area contributed by atoms with Crippen LogP contribution >= 0.6 is 11.6 Å². The van der Waals surface area contributed by atoms with Gasteiger partial charge in [0.25, 0.3) is 0 Å². The molecule has 2 fully saturated rings. The van der Waals surface area contributed by atoms with Gasteiger partial charge in [-0.1, -0.05) is 0 Å². The van der Waals surface area contributed by atoms with Crippen LogP contribution in [0.4, 0.5) is 0 Å². The first-order valence-corrected chi connectivity index (χ1v) is 6.26. The van der Waals surface area contributed by atoms with Crippen LogP contribution in [0.2, 0.25) is 0 Å². The molecule has 3 unspecified atom stereocenters. The predicted molar refractivity (Wildman–Crippen MR) is 59.0 cm³/mol. The van der Waals surface area contributed by atoms with E-state index in [1.807, 2.05) is 6.92 Å². The van der Waals surface area contributed by atoms with Gasteiger partial charge in [0.2, 0.25) is 0 Å². The molecule has 0 spiro atoms. The second-order valence-electron chi connectivity index (χ2n) is 4.55. The summed E-state index contributed by atoms with van der Waals surface area (Å²) in [6.07, 6.45) is 3.84. The molecule has 4 heteroatoms. The van der Waals surface area contributed by atoms with Crippen molar-refractivity contribution < 1.29 is 9.53 Å². The first-order chi connectivity index (χ1) is 7.22. The Labute approximate surface area is 95.5 Å². The summed E-state index contributed by atoms with van der Waals surface area (Å²) in [7, 11) is 0. The molecular formula is C11H18ClNO2. The van der Waals surface area contributed by atoms with E-state index in [1.54, 1.807) is 0 Å². The van der Waals surface area contributed by atoms with Crippen LogP contribution in [0.5, 0.6) is 0 Å². The highest BCUT2D eigenvalue weighted by Crippen LogP contribution is 2.47. The van der Waals surface area contributed by atoms with Gasteiger partial charge in [-0.25, -0.2) is 0 Å². The minimum atomic E-state index is -0.418. The Morgan fingerprint density at radius 1 is 1.67 bits per heavy atom. The number of hydrogen-bond acceptors (Lipinski definition) is 3. The van der Waals surface area contributed by atoms with E-state index in [0.29, 0.717) is 24.4 Å². The molecule has 1 aliphatic heterocycles. The maximum atomic E-state index is 11.9. The summed E-state index contributed by atoms with van der Waals surface area (Å²) in [5.74, 6) is 1.23. The van der Waals surface area contributed by atoms with Crippen molar-refractivity contribution in [3.8, 4) is 0 Å². The molecule has 1 aliphatic carbocycles. The van der Waals surface area contributed by atoms with Crippen LogP contribution in [0.15, 0.2) is 0 Å². The average molecular weight is 232 g/mol. The number of fused-ring (bicyclic) bond motifs is 1. The van der Waals surface area contributed by atoms with Crippen molar-refractivity contribution in [2.45, 2.75) is 44.2 Å². The Morgan fingerprint density at radius 3 is 3.00 bits per heavy atom. The molecule has 0 radical (unpaired) electrons. The van der Waals surface area contributed by atoms with Crippen molar-refractivity contribution in [2.75, 3.05) is 12.5 Å². The number of alkyl halides is 1. The van der Waals surface area contributed by atoms with Gasteiger partial charge in [-0.05, 0) is 38.5 Å². The lowest BCUT2D eigenvalue weighted by Crippen LogP contribution is -2.50. The third-order valence-corrected chi connectivity index (χ3v) is 3.67. The van der Waals surface area contributed by atoms with Crippen molar-refractivity contribution in [2.24, 2.45) is 5.92 Å². The number of ether oxygens (including phenoxy) is 1. The molecule has 1 saturated heterocycles. The van der Waals surface area contributed by atoms with Gasteiger partial charge >= 0.3 is 5.97 Å². The first-order valence-electron chi connectivity index (χ1n) is 5.73. The maximum absolute atomic E-state index is 11.9. The van der Waals surface area contributed by atoms with E-state index in [0.717, 1.165) is 19.3 Å². The standard InChI is InChI=1S/C11H18ClNO2/c1-2-15-10(14)11(4-3-5-12)7-8-6-9(8)13-11/h8-9,13H,2-7H2,1H3. The van der Waals surface area contributed by atoms with Crippen LogP contribution in [-0.4, -0.2) is 30.0 Å². The minimum absolute atomic E-state index is 0.0812. The van der Waals surface area contributed by atoms with Crippen molar-refractivity contribution in [1.82, 2.24) is 5.32 Å². The Morgan fingerprint density at radius 2 is 2.47 bits per heavy atom. The Hall–Kier alpha value is -0.280. The molecular weight excluding hydrogens is 214 g/mol. The molecule has 1 saturated carbocycles. The highest BCUT2D eigenvalue weighted by atomic mass is 35.5. The normalized spacial score (nSPS) is 37.5. The molecule has 1 heterocycles. The number of rotatable bonds is 5. The van der Waals surface area contributed by atoms with E-state index in [1.165, 1.54) is 6.42 Å². The van der Waals surface area contributed by atoms with E-state index in [4.69, 9.17) is 16.3 Å². The number of nitrogens with one attached hydrogen (secondary N) is 1. The molecule has 2 aliphatic rings. The number of piperidine rings is 1. The van der Waals surface area contributed by atoms with Crippen LogP contribution < -0.4 is 5.32 Å². The Bertz CT molecular complexity index is 247. The van der Waals surface area contributed by atoms with Crippen LogP contribution in [-0.2, 0) is 9.53 Å². The quantitative estimate of drug-likeness (QED) is 0.578. The average Bonchev–Trinajstić information content (AvgIpc) is 2.84. The van der Waals surface area contributed by atoms with E-state index in [9.17, 15) is 4.79 Å². The zero-order valence-electron chi connectivity index (χ0n) is 9.09. The first kappa shape index (κ1) is 11.2. The lowest BCUT2D eigenvalue weighted by Gasteiger charge is -2.28. The van der Waals surface area contributed by atoms with Crippen LogP contribution in [0.1, 0.15) is 32.6 Å². The molecule has 0 aromatic heterocycles. The molecule has 0 aromatic carbocycles. The Balaban J connectivity index is 1.98. The summed E-state index contributed by atoms with van der Waals surface area (Å²) >= 11 is 5.69. The van der Waals surface area contributed by atoms with E-state index in [-0.39, 0.29) is 5.97 Å². The van der Waals surface area contributed by atoms with Gasteiger partial charge in [-0.15, -0.1) is 11.6 Å². The fraction of sp³-hybridized carbons (Fsp3) is 0.909. The van der Waals surface area contributed by atoms with Crippen LogP contribution in [0.3, 0.4) is 0 Å². The second kappa shape index (κ2) is 4.30. The minimum Gasteiger partial charge on any atom is -0.465 e. The summed E-state index contributed by atoms with van der Waals surface area (Å²) in [6.45, 7) is 2.31. The van der Waals surface area contributed by atoms with Gasteiger partial charge in [0.15, 0.2) is 0 Å². The van der Waals surface area contributed by atoms with Gasteiger partial charge in [-0.3, -0.25) is 10.1 Å². The van der Waals surface area contributed by atoms with Crippen molar-refractivity contribution in [3.05, 3.63) is 0 Å². The third-order valence-electron chi connectivity index (χ3n) is 3.40. The topological polar surface area (TPSA) is 38.3 Å². The summed E-state index contributed by atoms with van der Waals surface area (Å²) in [4.78, 5) is 11.9. The molecule has 0 amide bonds. The molecule has 2 rings (SSSR count). The smallest absolute Gasteiger partial charge is 0.326 e. The largest absolute Gasteiger partial charge is 0.465 e. The zero-order chi connectivity index (χ0) is 10.9. The van der Waals surface area contributed by atoms with Crippen LogP contribution in [0.25, 0.3) is 0 Å². The van der Waals surface area contributed by atoms with Gasteiger partial charge in [0.1, 0.15) is 5.54 Å². The van der Waals surface area contributed by atoms with Gasteiger partial charge in [0, 0.05) is 11.9 Å². The molecule has 15 heavy (non-hydrogen) atoms. The number of carbonyl (C=O) groups excluding carboxylic acids is 1. The molecule has 3 nitrogen and oxygen atoms in total. The molecule has 0 bridgehead atoms. The fourth-order valence-electron chi connectivity index (χ4n) is 2.57.